The summed E-state index contributed by atoms with van der Waals surface area (Å²) < 4.78 is 0. The highest BCUT2D eigenvalue weighted by molar-refractivity contribution is 5.97. The van der Waals surface area contributed by atoms with Crippen molar-refractivity contribution in [2.45, 2.75) is 19.3 Å². The predicted octanol–water partition coefficient (Wildman–Crippen LogP) is 2.19. The van der Waals surface area contributed by atoms with E-state index < -0.39 is 0 Å². The van der Waals surface area contributed by atoms with Crippen LogP contribution in [0.4, 0.5) is 0 Å². The van der Waals surface area contributed by atoms with E-state index in [9.17, 15) is 4.79 Å². The van der Waals surface area contributed by atoms with E-state index >= 15 is 0 Å². The summed E-state index contributed by atoms with van der Waals surface area (Å²) in [5.74, 6) is 0.146. The third-order valence-corrected chi connectivity index (χ3v) is 3.33. The van der Waals surface area contributed by atoms with Gasteiger partial charge in [0.25, 0.3) is 5.91 Å². The van der Waals surface area contributed by atoms with Gasteiger partial charge in [0.15, 0.2) is 0 Å². The van der Waals surface area contributed by atoms with Gasteiger partial charge in [-0.25, -0.2) is 0 Å². The minimum Gasteiger partial charge on any atom is -0.339 e. The second-order valence-corrected chi connectivity index (χ2v) is 4.52. The molecule has 1 aliphatic rings. The Labute approximate surface area is 99.6 Å². The zero-order chi connectivity index (χ0) is 11.7. The molecule has 2 heterocycles. The molecule has 0 unspecified atom stereocenters. The Kier molecular flexibility index (Phi) is 2.55. The number of amides is 1. The molecule has 88 valence electrons. The lowest BCUT2D eigenvalue weighted by Crippen LogP contribution is -2.35. The number of aromatic amines is 1. The highest BCUT2D eigenvalue weighted by atomic mass is 16.2. The lowest BCUT2D eigenvalue weighted by atomic mass is 10.1. The summed E-state index contributed by atoms with van der Waals surface area (Å²) in [7, 11) is 0. The summed E-state index contributed by atoms with van der Waals surface area (Å²) >= 11 is 0. The number of rotatable bonds is 1. The van der Waals surface area contributed by atoms with Gasteiger partial charge in [0.1, 0.15) is 0 Å². The van der Waals surface area contributed by atoms with Crippen LogP contribution in [0.5, 0.6) is 0 Å². The average molecular weight is 229 g/mol. The Morgan fingerprint density at radius 3 is 2.88 bits per heavy atom. The van der Waals surface area contributed by atoms with Crippen molar-refractivity contribution in [3.63, 3.8) is 0 Å². The summed E-state index contributed by atoms with van der Waals surface area (Å²) in [5, 5.41) is 7.85. The van der Waals surface area contributed by atoms with Crippen molar-refractivity contribution in [2.75, 3.05) is 13.1 Å². The zero-order valence-corrected chi connectivity index (χ0v) is 9.65. The number of hydrogen-bond donors (Lipinski definition) is 1. The maximum absolute atomic E-state index is 12.3. The predicted molar refractivity (Wildman–Crippen MR) is 65.8 cm³/mol. The third-order valence-electron chi connectivity index (χ3n) is 3.33. The standard InChI is InChI=1S/C13H15N3O/c17-13(16-6-2-1-3-7-16)10-4-5-12-11(8-10)9-14-15-12/h4-5,8-9H,1-3,6-7H2,(H,14,15). The van der Waals surface area contributed by atoms with Crippen LogP contribution in [0, 0.1) is 0 Å². The Balaban J connectivity index is 1.88. The number of fused-ring (bicyclic) bond motifs is 1. The van der Waals surface area contributed by atoms with Gasteiger partial charge >= 0.3 is 0 Å². The molecule has 0 bridgehead atoms. The first-order valence-electron chi connectivity index (χ1n) is 6.07. The Bertz CT molecular complexity index is 540. The average Bonchev–Trinajstić information content (AvgIpc) is 2.86. The molecule has 1 aromatic heterocycles. The zero-order valence-electron chi connectivity index (χ0n) is 9.65. The summed E-state index contributed by atoms with van der Waals surface area (Å²) in [6, 6.07) is 5.70. The number of hydrogen-bond acceptors (Lipinski definition) is 2. The van der Waals surface area contributed by atoms with E-state index in [0.717, 1.165) is 42.4 Å². The molecule has 0 aliphatic carbocycles. The van der Waals surface area contributed by atoms with Crippen LogP contribution >= 0.6 is 0 Å². The van der Waals surface area contributed by atoms with Crippen LogP contribution in [0.2, 0.25) is 0 Å². The summed E-state index contributed by atoms with van der Waals surface area (Å²) in [5.41, 5.74) is 1.74. The molecule has 4 nitrogen and oxygen atoms in total. The number of benzene rings is 1. The number of nitrogens with zero attached hydrogens (tertiary/aromatic N) is 2. The molecule has 1 aromatic carbocycles. The van der Waals surface area contributed by atoms with Crippen LogP contribution in [0.15, 0.2) is 24.4 Å². The van der Waals surface area contributed by atoms with Crippen molar-refractivity contribution in [3.05, 3.63) is 30.0 Å². The molecule has 0 saturated carbocycles. The maximum Gasteiger partial charge on any atom is 0.253 e. The van der Waals surface area contributed by atoms with Crippen molar-refractivity contribution in [2.24, 2.45) is 0 Å². The summed E-state index contributed by atoms with van der Waals surface area (Å²) in [6.45, 7) is 1.78. The lowest BCUT2D eigenvalue weighted by molar-refractivity contribution is 0.0724. The van der Waals surface area contributed by atoms with Gasteiger partial charge in [-0.15, -0.1) is 0 Å². The second-order valence-electron chi connectivity index (χ2n) is 4.52. The van der Waals surface area contributed by atoms with Crippen LogP contribution in [0.3, 0.4) is 0 Å². The molecule has 0 atom stereocenters. The minimum atomic E-state index is 0.146. The molecule has 1 amide bonds. The molecule has 3 rings (SSSR count). The van der Waals surface area contributed by atoms with Crippen molar-refractivity contribution in [1.82, 2.24) is 15.1 Å². The van der Waals surface area contributed by atoms with Gasteiger partial charge in [-0.2, -0.15) is 5.10 Å². The van der Waals surface area contributed by atoms with E-state index in [1.807, 2.05) is 23.1 Å². The Morgan fingerprint density at radius 2 is 2.06 bits per heavy atom. The number of piperidine rings is 1. The number of H-pyrrole nitrogens is 1. The normalized spacial score (nSPS) is 16.4. The van der Waals surface area contributed by atoms with Gasteiger partial charge < -0.3 is 4.90 Å². The van der Waals surface area contributed by atoms with E-state index in [2.05, 4.69) is 10.2 Å². The molecule has 4 heteroatoms. The fraction of sp³-hybridized carbons (Fsp3) is 0.385. The molecule has 1 N–H and O–H groups in total. The number of aromatic nitrogens is 2. The Hall–Kier alpha value is -1.84. The molecule has 2 aromatic rings. The van der Waals surface area contributed by atoms with Crippen LogP contribution in [0.1, 0.15) is 29.6 Å². The fourth-order valence-corrected chi connectivity index (χ4v) is 2.36. The molecule has 0 spiro atoms. The van der Waals surface area contributed by atoms with E-state index in [0.29, 0.717) is 0 Å². The summed E-state index contributed by atoms with van der Waals surface area (Å²) in [4.78, 5) is 14.2. The molecule has 1 saturated heterocycles. The SMILES string of the molecule is O=C(c1ccc2[nH]ncc2c1)N1CCCCC1. The van der Waals surface area contributed by atoms with Crippen LogP contribution in [-0.4, -0.2) is 34.1 Å². The van der Waals surface area contributed by atoms with Crippen LogP contribution < -0.4 is 0 Å². The van der Waals surface area contributed by atoms with Gasteiger partial charge in [-0.05, 0) is 37.5 Å². The minimum absolute atomic E-state index is 0.146. The third kappa shape index (κ3) is 1.90. The number of nitrogens with one attached hydrogen (secondary N) is 1. The molecule has 17 heavy (non-hydrogen) atoms. The monoisotopic (exact) mass is 229 g/mol. The van der Waals surface area contributed by atoms with Crippen molar-refractivity contribution < 1.29 is 4.79 Å². The smallest absolute Gasteiger partial charge is 0.253 e. The first-order valence-corrected chi connectivity index (χ1v) is 6.07. The summed E-state index contributed by atoms with van der Waals surface area (Å²) in [6.07, 6.45) is 5.24. The molecule has 0 radical (unpaired) electrons. The van der Waals surface area contributed by atoms with E-state index in [4.69, 9.17) is 0 Å². The first kappa shape index (κ1) is 10.3. The van der Waals surface area contributed by atoms with Crippen molar-refractivity contribution in [3.8, 4) is 0 Å². The molecule has 1 fully saturated rings. The molecular formula is C13H15N3O. The van der Waals surface area contributed by atoms with Gasteiger partial charge in [-0.3, -0.25) is 9.89 Å². The quantitative estimate of drug-likeness (QED) is 0.814. The van der Waals surface area contributed by atoms with Crippen LogP contribution in [0.25, 0.3) is 10.9 Å². The van der Waals surface area contributed by atoms with Crippen molar-refractivity contribution >= 4 is 16.8 Å². The van der Waals surface area contributed by atoms with E-state index in [1.54, 1.807) is 6.20 Å². The number of likely N-dealkylation sites (tertiary alicyclic amines) is 1. The topological polar surface area (TPSA) is 49.0 Å². The lowest BCUT2D eigenvalue weighted by Gasteiger charge is -2.26. The van der Waals surface area contributed by atoms with E-state index in [-0.39, 0.29) is 5.91 Å². The van der Waals surface area contributed by atoms with Crippen LogP contribution in [-0.2, 0) is 0 Å². The number of carbonyl (C=O) groups is 1. The first-order chi connectivity index (χ1) is 8.34. The van der Waals surface area contributed by atoms with Gasteiger partial charge in [-0.1, -0.05) is 0 Å². The Morgan fingerprint density at radius 1 is 1.24 bits per heavy atom. The van der Waals surface area contributed by atoms with Gasteiger partial charge in [0, 0.05) is 24.0 Å². The number of carbonyl (C=O) groups excluding carboxylic acids is 1. The van der Waals surface area contributed by atoms with Gasteiger partial charge in [0.05, 0.1) is 11.7 Å². The molecule has 1 aliphatic heterocycles. The maximum atomic E-state index is 12.3. The van der Waals surface area contributed by atoms with Gasteiger partial charge in [0.2, 0.25) is 0 Å². The largest absolute Gasteiger partial charge is 0.339 e. The fourth-order valence-electron chi connectivity index (χ4n) is 2.36. The molecular weight excluding hydrogens is 214 g/mol. The van der Waals surface area contributed by atoms with Crippen molar-refractivity contribution in [1.29, 1.82) is 0 Å². The highest BCUT2D eigenvalue weighted by Crippen LogP contribution is 2.17. The van der Waals surface area contributed by atoms with E-state index in [1.165, 1.54) is 6.42 Å². The second kappa shape index (κ2) is 4.20. The highest BCUT2D eigenvalue weighted by Gasteiger charge is 2.18.